The summed E-state index contributed by atoms with van der Waals surface area (Å²) >= 11 is 1.72. The first kappa shape index (κ1) is 14.2. The summed E-state index contributed by atoms with van der Waals surface area (Å²) in [6, 6.07) is 7.62. The number of carbonyl (C=O) groups is 1. The van der Waals surface area contributed by atoms with Gasteiger partial charge in [-0.3, -0.25) is 9.69 Å². The zero-order valence-electron chi connectivity index (χ0n) is 11.0. The van der Waals surface area contributed by atoms with Crippen molar-refractivity contribution >= 4 is 17.7 Å². The van der Waals surface area contributed by atoms with Crippen LogP contribution in [-0.2, 0) is 11.2 Å². The molecule has 2 rings (SSSR count). The Morgan fingerprint density at radius 1 is 1.47 bits per heavy atom. The van der Waals surface area contributed by atoms with E-state index >= 15 is 0 Å². The number of thioether (sulfide) groups is 1. The first-order chi connectivity index (χ1) is 9.20. The van der Waals surface area contributed by atoms with Gasteiger partial charge in [-0.15, -0.1) is 0 Å². The molecule has 1 saturated heterocycles. The van der Waals surface area contributed by atoms with Crippen molar-refractivity contribution in [2.24, 2.45) is 0 Å². The van der Waals surface area contributed by atoms with E-state index in [-0.39, 0.29) is 6.04 Å². The van der Waals surface area contributed by atoms with E-state index in [0.29, 0.717) is 5.75 Å². The monoisotopic (exact) mass is 281 g/mol. The van der Waals surface area contributed by atoms with Crippen LogP contribution in [0.15, 0.2) is 24.3 Å². The lowest BCUT2D eigenvalue weighted by molar-refractivity contribution is -0.142. The molecule has 0 aromatic heterocycles. The van der Waals surface area contributed by atoms with Crippen LogP contribution < -0.4 is 4.74 Å². The standard InChI is InChI=1S/C14H19NO3S/c1-18-12-4-2-11(3-5-12)6-7-15-8-9-19-10-13(15)14(16)17/h2-5,13H,6-10H2,1H3,(H,16,17). The smallest absolute Gasteiger partial charge is 0.321 e. The van der Waals surface area contributed by atoms with E-state index in [0.717, 1.165) is 31.0 Å². The topological polar surface area (TPSA) is 49.8 Å². The van der Waals surface area contributed by atoms with Crippen molar-refractivity contribution in [2.45, 2.75) is 12.5 Å². The minimum atomic E-state index is -0.707. The number of carboxylic acid groups (broad SMARTS) is 1. The number of hydrogen-bond acceptors (Lipinski definition) is 4. The Morgan fingerprint density at radius 2 is 2.21 bits per heavy atom. The summed E-state index contributed by atoms with van der Waals surface area (Å²) in [6.45, 7) is 1.65. The average molecular weight is 281 g/mol. The maximum Gasteiger partial charge on any atom is 0.321 e. The summed E-state index contributed by atoms with van der Waals surface area (Å²) in [5.41, 5.74) is 1.21. The lowest BCUT2D eigenvalue weighted by Crippen LogP contribution is -2.47. The molecule has 1 unspecified atom stereocenters. The fourth-order valence-corrected chi connectivity index (χ4v) is 3.30. The molecule has 0 bridgehead atoms. The molecule has 0 saturated carbocycles. The maximum absolute atomic E-state index is 11.2. The molecule has 0 amide bonds. The van der Waals surface area contributed by atoms with E-state index in [9.17, 15) is 9.90 Å². The Balaban J connectivity index is 1.90. The van der Waals surface area contributed by atoms with Crippen molar-refractivity contribution in [3.8, 4) is 5.75 Å². The summed E-state index contributed by atoms with van der Waals surface area (Å²) < 4.78 is 5.12. The molecule has 0 aliphatic carbocycles. The summed E-state index contributed by atoms with van der Waals surface area (Å²) in [6.07, 6.45) is 0.873. The average Bonchev–Trinajstić information content (AvgIpc) is 2.46. The van der Waals surface area contributed by atoms with Gasteiger partial charge in [0, 0.05) is 24.6 Å². The first-order valence-electron chi connectivity index (χ1n) is 6.38. The van der Waals surface area contributed by atoms with Crippen LogP contribution in [0.1, 0.15) is 5.56 Å². The molecule has 1 aromatic rings. The quantitative estimate of drug-likeness (QED) is 0.891. The van der Waals surface area contributed by atoms with Crippen molar-refractivity contribution in [3.63, 3.8) is 0 Å². The summed E-state index contributed by atoms with van der Waals surface area (Å²) in [7, 11) is 1.65. The summed E-state index contributed by atoms with van der Waals surface area (Å²) in [4.78, 5) is 13.3. The fourth-order valence-electron chi connectivity index (χ4n) is 2.20. The number of carboxylic acids is 1. The Bertz CT molecular complexity index is 421. The van der Waals surface area contributed by atoms with Crippen LogP contribution in [0, 0.1) is 0 Å². The zero-order chi connectivity index (χ0) is 13.7. The number of nitrogens with zero attached hydrogens (tertiary/aromatic N) is 1. The molecule has 1 aliphatic rings. The SMILES string of the molecule is COc1ccc(CCN2CCSCC2C(=O)O)cc1. The molecule has 1 aliphatic heterocycles. The van der Waals surface area contributed by atoms with Gasteiger partial charge >= 0.3 is 5.97 Å². The molecular formula is C14H19NO3S. The molecule has 104 valence electrons. The Kier molecular flexibility index (Phi) is 5.10. The number of benzene rings is 1. The highest BCUT2D eigenvalue weighted by molar-refractivity contribution is 7.99. The number of rotatable bonds is 5. The van der Waals surface area contributed by atoms with Crippen molar-refractivity contribution < 1.29 is 14.6 Å². The molecular weight excluding hydrogens is 262 g/mol. The van der Waals surface area contributed by atoms with Crippen LogP contribution in [0.2, 0.25) is 0 Å². The van der Waals surface area contributed by atoms with Gasteiger partial charge in [-0.25, -0.2) is 0 Å². The van der Waals surface area contributed by atoms with Crippen molar-refractivity contribution in [3.05, 3.63) is 29.8 Å². The second-order valence-electron chi connectivity index (χ2n) is 4.56. The van der Waals surface area contributed by atoms with Gasteiger partial charge in [-0.05, 0) is 24.1 Å². The highest BCUT2D eigenvalue weighted by Crippen LogP contribution is 2.18. The van der Waals surface area contributed by atoms with Gasteiger partial charge in [0.15, 0.2) is 0 Å². The van der Waals surface area contributed by atoms with Gasteiger partial charge in [0.25, 0.3) is 0 Å². The van der Waals surface area contributed by atoms with E-state index < -0.39 is 5.97 Å². The number of aliphatic carboxylic acids is 1. The Labute approximate surface area is 117 Å². The molecule has 1 heterocycles. The van der Waals surface area contributed by atoms with E-state index in [1.165, 1.54) is 5.56 Å². The minimum absolute atomic E-state index is 0.336. The van der Waals surface area contributed by atoms with Gasteiger partial charge in [0.1, 0.15) is 11.8 Å². The van der Waals surface area contributed by atoms with E-state index in [1.807, 2.05) is 24.3 Å². The molecule has 1 fully saturated rings. The lowest BCUT2D eigenvalue weighted by atomic mass is 10.1. The van der Waals surface area contributed by atoms with Crippen molar-refractivity contribution in [1.29, 1.82) is 0 Å². The van der Waals surface area contributed by atoms with Gasteiger partial charge in [-0.2, -0.15) is 11.8 Å². The highest BCUT2D eigenvalue weighted by atomic mass is 32.2. The molecule has 1 aromatic carbocycles. The van der Waals surface area contributed by atoms with E-state index in [1.54, 1.807) is 18.9 Å². The molecule has 4 nitrogen and oxygen atoms in total. The normalized spacial score (nSPS) is 20.2. The van der Waals surface area contributed by atoms with Crippen LogP contribution in [0.25, 0.3) is 0 Å². The highest BCUT2D eigenvalue weighted by Gasteiger charge is 2.28. The minimum Gasteiger partial charge on any atom is -0.497 e. The number of methoxy groups -OCH3 is 1. The molecule has 1 atom stereocenters. The third-order valence-electron chi connectivity index (χ3n) is 3.37. The Morgan fingerprint density at radius 3 is 2.84 bits per heavy atom. The van der Waals surface area contributed by atoms with Gasteiger partial charge in [0.2, 0.25) is 0 Å². The van der Waals surface area contributed by atoms with Crippen molar-refractivity contribution in [2.75, 3.05) is 31.7 Å². The zero-order valence-corrected chi connectivity index (χ0v) is 11.9. The number of ether oxygens (including phenoxy) is 1. The van der Waals surface area contributed by atoms with Gasteiger partial charge in [-0.1, -0.05) is 12.1 Å². The third-order valence-corrected chi connectivity index (χ3v) is 4.39. The fraction of sp³-hybridized carbons (Fsp3) is 0.500. The maximum atomic E-state index is 11.2. The third kappa shape index (κ3) is 3.88. The summed E-state index contributed by atoms with van der Waals surface area (Å²) in [5.74, 6) is 1.85. The second kappa shape index (κ2) is 6.82. The predicted octanol–water partition coefficient (Wildman–Crippen LogP) is 1.74. The largest absolute Gasteiger partial charge is 0.497 e. The van der Waals surface area contributed by atoms with Crippen LogP contribution >= 0.6 is 11.8 Å². The molecule has 5 heteroatoms. The van der Waals surface area contributed by atoms with Crippen LogP contribution in [0.5, 0.6) is 5.75 Å². The molecule has 19 heavy (non-hydrogen) atoms. The number of hydrogen-bond donors (Lipinski definition) is 1. The van der Waals surface area contributed by atoms with E-state index in [4.69, 9.17) is 4.74 Å². The van der Waals surface area contributed by atoms with Crippen LogP contribution in [0.3, 0.4) is 0 Å². The second-order valence-corrected chi connectivity index (χ2v) is 5.71. The van der Waals surface area contributed by atoms with Crippen LogP contribution in [0.4, 0.5) is 0 Å². The summed E-state index contributed by atoms with van der Waals surface area (Å²) in [5, 5.41) is 9.20. The molecule has 0 radical (unpaired) electrons. The lowest BCUT2D eigenvalue weighted by Gasteiger charge is -2.32. The molecule has 1 N–H and O–H groups in total. The molecule has 0 spiro atoms. The first-order valence-corrected chi connectivity index (χ1v) is 7.53. The van der Waals surface area contributed by atoms with E-state index in [2.05, 4.69) is 4.90 Å². The predicted molar refractivity (Wildman–Crippen MR) is 77.0 cm³/mol. The van der Waals surface area contributed by atoms with Gasteiger partial charge < -0.3 is 9.84 Å². The van der Waals surface area contributed by atoms with Gasteiger partial charge in [0.05, 0.1) is 7.11 Å². The van der Waals surface area contributed by atoms with Crippen molar-refractivity contribution in [1.82, 2.24) is 4.90 Å². The van der Waals surface area contributed by atoms with Crippen LogP contribution in [-0.4, -0.2) is 53.7 Å². The Hall–Kier alpha value is -1.20.